The number of nitrogens with zero attached hydrogens (tertiary/aromatic N) is 2. The van der Waals surface area contributed by atoms with Crippen molar-refractivity contribution in [1.82, 2.24) is 20.4 Å². The topological polar surface area (TPSA) is 186 Å². The summed E-state index contributed by atoms with van der Waals surface area (Å²) in [5.74, 6) is -8.40. The van der Waals surface area contributed by atoms with E-state index in [1.807, 2.05) is 5.32 Å². The summed E-state index contributed by atoms with van der Waals surface area (Å²) >= 11 is 0. The Labute approximate surface area is 207 Å². The van der Waals surface area contributed by atoms with Gasteiger partial charge in [0.15, 0.2) is 0 Å². The van der Waals surface area contributed by atoms with Gasteiger partial charge in [-0.25, -0.2) is 22.8 Å². The van der Waals surface area contributed by atoms with Crippen LogP contribution in [0.2, 0.25) is 0 Å². The second kappa shape index (κ2) is 11.0. The van der Waals surface area contributed by atoms with Gasteiger partial charge in [0.1, 0.15) is 29.3 Å². The smallest absolute Gasteiger partial charge is 0.534 e. The minimum atomic E-state index is -3.53. The molecule has 2 aliphatic heterocycles. The number of alkyl halides is 2. The number of nitrogens with one attached hydrogen (secondary N) is 2. The maximum atomic E-state index is 13.9. The number of hydrogen-bond acceptors (Lipinski definition) is 8. The van der Waals surface area contributed by atoms with E-state index in [1.54, 1.807) is 6.92 Å². The highest BCUT2D eigenvalue weighted by atomic mass is 19.3. The van der Waals surface area contributed by atoms with Crippen LogP contribution in [0.3, 0.4) is 0 Å². The lowest BCUT2D eigenvalue weighted by atomic mass is 9.72. The van der Waals surface area contributed by atoms with Crippen molar-refractivity contribution in [3.63, 3.8) is 0 Å². The average molecular weight is 530 g/mol. The fourth-order valence-corrected chi connectivity index (χ4v) is 3.86. The van der Waals surface area contributed by atoms with Gasteiger partial charge in [0.2, 0.25) is 5.91 Å². The van der Waals surface area contributed by atoms with Gasteiger partial charge in [-0.1, -0.05) is 6.07 Å². The number of aliphatic hydroxyl groups excluding tert-OH is 1. The van der Waals surface area contributed by atoms with Crippen molar-refractivity contribution in [1.29, 1.82) is 0 Å². The fourth-order valence-electron chi connectivity index (χ4n) is 3.86. The lowest BCUT2D eigenvalue weighted by Crippen LogP contribution is -2.64. The quantitative estimate of drug-likeness (QED) is 0.204. The predicted octanol–water partition coefficient (Wildman–Crippen LogP) is -1.64. The lowest BCUT2D eigenvalue weighted by molar-refractivity contribution is -0.153. The summed E-state index contributed by atoms with van der Waals surface area (Å²) in [6.07, 6.45) is -6.62. The SMILES string of the molecule is CCN1CCN(C(=O)NC(C(=O)N[C@H]2Cc3ccc(F)c(C(=O)O)c3OB2O)C(O)C(F)F)C(=O)C1=O. The largest absolute Gasteiger partial charge is 0.547 e. The third-order valence-corrected chi connectivity index (χ3v) is 5.85. The molecule has 2 unspecified atom stereocenters. The van der Waals surface area contributed by atoms with E-state index in [2.05, 4.69) is 5.32 Å². The molecule has 2 aliphatic rings. The summed E-state index contributed by atoms with van der Waals surface area (Å²) in [5.41, 5.74) is -0.802. The van der Waals surface area contributed by atoms with Gasteiger partial charge in [0, 0.05) is 19.6 Å². The maximum absolute atomic E-state index is 13.9. The average Bonchev–Trinajstić information content (AvgIpc) is 2.83. The number of rotatable bonds is 7. The standard InChI is InChI=1S/C20H22BF3N4O9/c1-2-27-5-6-28(18(32)17(27)31)20(35)26-12(13(29)15(23)24)16(30)25-10-7-8-3-4-9(22)11(19(33)34)14(8)37-21(10)36/h3-4,10,12-13,15,29,36H,2,5-7H2,1H3,(H,25,30)(H,26,35)(H,33,34)/t10-,12?,13?/m0/s1. The van der Waals surface area contributed by atoms with Crippen LogP contribution in [0.5, 0.6) is 5.75 Å². The molecule has 0 spiro atoms. The van der Waals surface area contributed by atoms with Crippen molar-refractivity contribution in [2.24, 2.45) is 0 Å². The van der Waals surface area contributed by atoms with E-state index < -0.39 is 78.5 Å². The third-order valence-electron chi connectivity index (χ3n) is 5.85. The normalized spacial score (nSPS) is 19.2. The first kappa shape index (κ1) is 27.7. The molecule has 0 aliphatic carbocycles. The Morgan fingerprint density at radius 2 is 1.89 bits per heavy atom. The number of aliphatic hydroxyl groups is 1. The van der Waals surface area contributed by atoms with E-state index in [1.165, 1.54) is 0 Å². The van der Waals surface area contributed by atoms with Gasteiger partial charge in [0.25, 0.3) is 6.43 Å². The van der Waals surface area contributed by atoms with Crippen molar-refractivity contribution in [2.75, 3.05) is 19.6 Å². The Morgan fingerprint density at radius 3 is 2.49 bits per heavy atom. The third kappa shape index (κ3) is 5.61. The van der Waals surface area contributed by atoms with Crippen molar-refractivity contribution in [3.05, 3.63) is 29.1 Å². The number of benzene rings is 1. The number of fused-ring (bicyclic) bond motifs is 1. The van der Waals surface area contributed by atoms with Crippen LogP contribution in [0.1, 0.15) is 22.8 Å². The van der Waals surface area contributed by atoms with Crippen LogP contribution in [0.25, 0.3) is 0 Å². The van der Waals surface area contributed by atoms with E-state index >= 15 is 0 Å². The maximum Gasteiger partial charge on any atom is 0.547 e. The number of likely N-dealkylation sites (N-methyl/N-ethyl adjacent to an activating group) is 1. The molecule has 37 heavy (non-hydrogen) atoms. The van der Waals surface area contributed by atoms with E-state index in [0.717, 1.165) is 17.0 Å². The molecule has 1 aromatic rings. The number of carbonyl (C=O) groups is 5. The molecule has 1 saturated heterocycles. The Hall–Kier alpha value is -3.86. The van der Waals surface area contributed by atoms with Crippen LogP contribution < -0.4 is 15.3 Å². The van der Waals surface area contributed by atoms with Crippen molar-refractivity contribution < 1.29 is 57.0 Å². The molecule has 2 heterocycles. The van der Waals surface area contributed by atoms with Crippen molar-refractivity contribution in [2.45, 2.75) is 37.9 Å². The van der Waals surface area contributed by atoms with Crippen LogP contribution in [-0.2, 0) is 20.8 Å². The summed E-state index contributed by atoms with van der Waals surface area (Å²) in [5, 5.41) is 33.2. The Balaban J connectivity index is 1.77. The van der Waals surface area contributed by atoms with Gasteiger partial charge in [0.05, 0.1) is 5.94 Å². The van der Waals surface area contributed by atoms with Crippen LogP contribution in [0, 0.1) is 5.82 Å². The minimum absolute atomic E-state index is 0.0350. The number of aromatic carboxylic acids is 1. The summed E-state index contributed by atoms with van der Waals surface area (Å²) in [4.78, 5) is 62.5. The van der Waals surface area contributed by atoms with Crippen LogP contribution in [0.15, 0.2) is 12.1 Å². The zero-order valence-corrected chi connectivity index (χ0v) is 19.2. The van der Waals surface area contributed by atoms with Gasteiger partial charge in [-0.05, 0) is 25.0 Å². The number of halogens is 3. The van der Waals surface area contributed by atoms with Crippen LogP contribution >= 0.6 is 0 Å². The van der Waals surface area contributed by atoms with Crippen molar-refractivity contribution in [3.8, 4) is 5.75 Å². The first-order valence-corrected chi connectivity index (χ1v) is 10.9. The first-order chi connectivity index (χ1) is 17.4. The second-order valence-electron chi connectivity index (χ2n) is 8.14. The summed E-state index contributed by atoms with van der Waals surface area (Å²) in [6.45, 7) is 1.45. The molecule has 0 bridgehead atoms. The predicted molar refractivity (Wildman–Crippen MR) is 116 cm³/mol. The zero-order valence-electron chi connectivity index (χ0n) is 19.2. The van der Waals surface area contributed by atoms with Crippen LogP contribution in [0.4, 0.5) is 18.0 Å². The Morgan fingerprint density at radius 1 is 1.22 bits per heavy atom. The van der Waals surface area contributed by atoms with Gasteiger partial charge < -0.3 is 35.4 Å². The summed E-state index contributed by atoms with van der Waals surface area (Å²) in [6, 6.07) is -1.77. The van der Waals surface area contributed by atoms with E-state index in [9.17, 15) is 52.4 Å². The number of carboxylic acid groups (broad SMARTS) is 1. The number of carbonyl (C=O) groups excluding carboxylic acids is 4. The van der Waals surface area contributed by atoms with Gasteiger partial charge in [-0.3, -0.25) is 19.3 Å². The summed E-state index contributed by atoms with van der Waals surface area (Å²) < 4.78 is 45.5. The number of amides is 5. The lowest BCUT2D eigenvalue weighted by Gasteiger charge is -2.34. The molecule has 0 aromatic heterocycles. The second-order valence-corrected chi connectivity index (χ2v) is 8.14. The molecule has 3 atom stereocenters. The minimum Gasteiger partial charge on any atom is -0.534 e. The van der Waals surface area contributed by atoms with Crippen molar-refractivity contribution >= 4 is 36.8 Å². The molecule has 1 aromatic carbocycles. The number of carboxylic acids is 1. The zero-order chi connectivity index (χ0) is 27.6. The molecular formula is C20H22BF3N4O9. The molecule has 3 rings (SSSR count). The monoisotopic (exact) mass is 530 g/mol. The Bertz CT molecular complexity index is 1120. The number of urea groups is 1. The molecule has 0 saturated carbocycles. The van der Waals surface area contributed by atoms with Gasteiger partial charge in [-0.2, -0.15) is 0 Å². The number of hydrogen-bond donors (Lipinski definition) is 5. The number of piperazine rings is 1. The fraction of sp³-hybridized carbons (Fsp3) is 0.450. The van der Waals surface area contributed by atoms with Gasteiger partial charge >= 0.3 is 30.9 Å². The molecule has 0 radical (unpaired) electrons. The molecule has 17 heteroatoms. The Kier molecular flexibility index (Phi) is 8.27. The van der Waals surface area contributed by atoms with E-state index in [-0.39, 0.29) is 31.6 Å². The summed E-state index contributed by atoms with van der Waals surface area (Å²) in [7, 11) is -1.96. The van der Waals surface area contributed by atoms with E-state index in [4.69, 9.17) is 4.65 Å². The molecule has 5 amide bonds. The number of imide groups is 1. The molecule has 200 valence electrons. The highest BCUT2D eigenvalue weighted by Crippen LogP contribution is 2.32. The van der Waals surface area contributed by atoms with Gasteiger partial charge in [-0.15, -0.1) is 0 Å². The molecule has 1 fully saturated rings. The molecular weight excluding hydrogens is 508 g/mol. The highest BCUT2D eigenvalue weighted by molar-refractivity contribution is 6.47. The molecule has 13 nitrogen and oxygen atoms in total. The highest BCUT2D eigenvalue weighted by Gasteiger charge is 2.43. The van der Waals surface area contributed by atoms with E-state index in [0.29, 0.717) is 4.90 Å². The van der Waals surface area contributed by atoms with Crippen LogP contribution in [-0.4, -0.2) is 106 Å². The molecule has 5 N–H and O–H groups in total. The first-order valence-electron chi connectivity index (χ1n) is 10.9.